The summed E-state index contributed by atoms with van der Waals surface area (Å²) in [4.78, 5) is 36.5. The van der Waals surface area contributed by atoms with Gasteiger partial charge in [0.25, 0.3) is 0 Å². The van der Waals surface area contributed by atoms with Crippen LogP contribution in [0.2, 0.25) is 0 Å². The van der Waals surface area contributed by atoms with Gasteiger partial charge < -0.3 is 19.1 Å². The normalized spacial score (nSPS) is 16.8. The van der Waals surface area contributed by atoms with Gasteiger partial charge in [0.05, 0.1) is 57.1 Å². The molecular formula is C34H39F3N6O5. The molecule has 0 radical (unpaired) electrons. The summed E-state index contributed by atoms with van der Waals surface area (Å²) in [5, 5.41) is 24.6. The molecule has 2 aliphatic rings. The van der Waals surface area contributed by atoms with Crippen molar-refractivity contribution in [3.8, 4) is 6.07 Å². The molecule has 2 heterocycles. The van der Waals surface area contributed by atoms with Crippen LogP contribution >= 0.6 is 0 Å². The first-order chi connectivity index (χ1) is 22.8. The van der Waals surface area contributed by atoms with E-state index in [9.17, 15) is 28.0 Å². The zero-order chi connectivity index (χ0) is 35.2. The van der Waals surface area contributed by atoms with E-state index < -0.39 is 35.9 Å². The quantitative estimate of drug-likeness (QED) is 0.214. The van der Waals surface area contributed by atoms with Gasteiger partial charge in [-0.2, -0.15) is 18.4 Å². The standard InChI is InChI=1S/C33H37F3N6O3.CH2O2/c1-21-28(30(43)45-4)29(41-31(38-39-32(41)44)40(21)26-12-8-11-25(18-26)33(34,35)36)27-14-13-23(19-37)17-24(27)15-16-42(2,3)20-22-9-6-5-7-10-22;2-1-3/h8,11-14,17-18,22,29H,5-7,9-10,15-16,20H2,1-4H3;1H,(H,2,3). The Kier molecular flexibility index (Phi) is 11.2. The minimum atomic E-state index is -4.61. The molecule has 1 aliphatic carbocycles. The molecule has 2 aromatic carbocycles. The fourth-order valence-corrected chi connectivity index (χ4v) is 6.82. The van der Waals surface area contributed by atoms with Crippen molar-refractivity contribution in [3.05, 3.63) is 86.5 Å². The number of nitriles is 1. The van der Waals surface area contributed by atoms with Crippen molar-refractivity contribution in [3.63, 3.8) is 0 Å². The second-order valence-electron chi connectivity index (χ2n) is 12.7. The number of alkyl halides is 3. The third kappa shape index (κ3) is 7.79. The van der Waals surface area contributed by atoms with E-state index in [1.807, 2.05) is 0 Å². The highest BCUT2D eigenvalue weighted by Crippen LogP contribution is 2.43. The topological polar surface area (TPSA) is 144 Å². The van der Waals surface area contributed by atoms with Crippen LogP contribution in [-0.2, 0) is 26.9 Å². The summed E-state index contributed by atoms with van der Waals surface area (Å²) >= 11 is 0. The highest BCUT2D eigenvalue weighted by molar-refractivity contribution is 5.93. The number of rotatable bonds is 8. The van der Waals surface area contributed by atoms with Crippen molar-refractivity contribution in [2.45, 2.75) is 57.7 Å². The average molecular weight is 669 g/mol. The Hall–Kier alpha value is -4.90. The monoisotopic (exact) mass is 668 g/mol. The Bertz CT molecular complexity index is 1770. The molecule has 1 fully saturated rings. The average Bonchev–Trinajstić information content (AvgIpc) is 3.43. The fourth-order valence-electron chi connectivity index (χ4n) is 6.82. The van der Waals surface area contributed by atoms with Gasteiger partial charge in [0.15, 0.2) is 0 Å². The maximum atomic E-state index is 13.7. The number of allylic oxidation sites excluding steroid dienone is 1. The largest absolute Gasteiger partial charge is 0.554 e. The van der Waals surface area contributed by atoms with E-state index in [-0.39, 0.29) is 22.9 Å². The molecule has 0 saturated heterocycles. The molecule has 11 nitrogen and oxygen atoms in total. The number of quaternary nitrogens is 1. The third-order valence-electron chi connectivity index (χ3n) is 9.01. The minimum Gasteiger partial charge on any atom is -0.554 e. The molecule has 1 atom stereocenters. The first-order valence-corrected chi connectivity index (χ1v) is 15.6. The van der Waals surface area contributed by atoms with Crippen LogP contribution in [0.25, 0.3) is 0 Å². The van der Waals surface area contributed by atoms with Gasteiger partial charge in [-0.25, -0.2) is 19.3 Å². The van der Waals surface area contributed by atoms with Crippen molar-refractivity contribution in [2.75, 3.05) is 39.2 Å². The van der Waals surface area contributed by atoms with Crippen molar-refractivity contribution >= 4 is 24.1 Å². The van der Waals surface area contributed by atoms with Crippen molar-refractivity contribution < 1.29 is 37.1 Å². The Morgan fingerprint density at radius 3 is 2.50 bits per heavy atom. The lowest BCUT2D eigenvalue weighted by Crippen LogP contribution is -2.45. The van der Waals surface area contributed by atoms with E-state index in [4.69, 9.17) is 14.6 Å². The van der Waals surface area contributed by atoms with Crippen LogP contribution in [0.4, 0.5) is 24.8 Å². The number of nitrogens with one attached hydrogen (secondary N) is 1. The first kappa shape index (κ1) is 35.9. The maximum absolute atomic E-state index is 13.7. The molecule has 14 heteroatoms. The van der Waals surface area contributed by atoms with Gasteiger partial charge in [-0.15, -0.1) is 5.10 Å². The molecule has 1 aliphatic heterocycles. The molecule has 1 aromatic heterocycles. The number of carbonyl (C=O) groups is 2. The summed E-state index contributed by atoms with van der Waals surface area (Å²) < 4.78 is 48.2. The van der Waals surface area contributed by atoms with Crippen molar-refractivity contribution in [2.24, 2.45) is 5.92 Å². The van der Waals surface area contributed by atoms with Crippen LogP contribution < -0.4 is 15.7 Å². The van der Waals surface area contributed by atoms with Crippen LogP contribution in [0.1, 0.15) is 67.3 Å². The van der Waals surface area contributed by atoms with Gasteiger partial charge >= 0.3 is 17.8 Å². The zero-order valence-electron chi connectivity index (χ0n) is 27.3. The van der Waals surface area contributed by atoms with Crippen LogP contribution in [0.5, 0.6) is 0 Å². The molecule has 1 saturated carbocycles. The smallest absolute Gasteiger partial charge is 0.416 e. The number of fused-ring (bicyclic) bond motifs is 1. The van der Waals surface area contributed by atoms with Crippen LogP contribution in [-0.4, -0.2) is 66.0 Å². The molecule has 3 aromatic rings. The molecule has 48 heavy (non-hydrogen) atoms. The summed E-state index contributed by atoms with van der Waals surface area (Å²) in [5.41, 5.74) is 0.715. The molecule has 0 bridgehead atoms. The van der Waals surface area contributed by atoms with E-state index in [2.05, 4.69) is 30.4 Å². The van der Waals surface area contributed by atoms with E-state index >= 15 is 0 Å². The Morgan fingerprint density at radius 1 is 1.19 bits per heavy atom. The fraction of sp³-hybridized carbons (Fsp3) is 0.441. The number of nitrogens with zero attached hydrogens (tertiary/aromatic N) is 5. The number of aromatic amines is 1. The van der Waals surface area contributed by atoms with Gasteiger partial charge in [-0.3, -0.25) is 4.90 Å². The SMILES string of the molecule is COC(=O)C1=C(C)N(c2cccc(C(F)(F)F)c2)c2n[nH]c(=O)n2C1c1ccc(C#N)cc1CC[N+](C)(C)CC1CCCCC1.O=C[O-]. The number of carboxylic acid groups (broad SMARTS) is 1. The van der Waals surface area contributed by atoms with Gasteiger partial charge in [-0.05, 0) is 61.2 Å². The maximum Gasteiger partial charge on any atom is 0.416 e. The number of esters is 1. The number of halogens is 3. The van der Waals surface area contributed by atoms with Gasteiger partial charge in [0.2, 0.25) is 5.95 Å². The Labute approximate surface area is 276 Å². The highest BCUT2D eigenvalue weighted by Gasteiger charge is 2.41. The Balaban J connectivity index is 0.00000167. The summed E-state index contributed by atoms with van der Waals surface area (Å²) in [7, 11) is 5.60. The summed E-state index contributed by atoms with van der Waals surface area (Å²) in [6, 6.07) is 11.0. The summed E-state index contributed by atoms with van der Waals surface area (Å²) in [6.07, 6.45) is 2.19. The molecule has 256 valence electrons. The number of anilines is 2. The predicted octanol–water partition coefficient (Wildman–Crippen LogP) is 4.22. The lowest BCUT2D eigenvalue weighted by Gasteiger charge is -2.37. The van der Waals surface area contributed by atoms with Gasteiger partial charge in [-0.1, -0.05) is 31.4 Å². The molecule has 1 N–H and O–H groups in total. The van der Waals surface area contributed by atoms with Gasteiger partial charge in [0.1, 0.15) is 6.04 Å². The Morgan fingerprint density at radius 2 is 1.88 bits per heavy atom. The number of hydrogen-bond acceptors (Lipinski definition) is 8. The summed E-state index contributed by atoms with van der Waals surface area (Å²) in [6.45, 7) is 2.88. The lowest BCUT2D eigenvalue weighted by molar-refractivity contribution is -0.893. The van der Waals surface area contributed by atoms with Crippen molar-refractivity contribution in [1.29, 1.82) is 5.26 Å². The van der Waals surface area contributed by atoms with E-state index in [1.54, 1.807) is 25.1 Å². The molecule has 0 spiro atoms. The molecule has 5 rings (SSSR count). The van der Waals surface area contributed by atoms with E-state index in [0.29, 0.717) is 23.5 Å². The second kappa shape index (κ2) is 14.9. The van der Waals surface area contributed by atoms with Crippen LogP contribution in [0.15, 0.2) is 58.5 Å². The number of carbonyl (C=O) groups excluding carboxylic acids is 2. The van der Waals surface area contributed by atoms with E-state index in [1.165, 1.54) is 60.8 Å². The molecule has 0 amide bonds. The molecular weight excluding hydrogens is 629 g/mol. The number of aromatic nitrogens is 3. The zero-order valence-corrected chi connectivity index (χ0v) is 27.3. The van der Waals surface area contributed by atoms with Crippen LogP contribution in [0, 0.1) is 17.2 Å². The highest BCUT2D eigenvalue weighted by atomic mass is 19.4. The lowest BCUT2D eigenvalue weighted by atomic mass is 9.87. The van der Waals surface area contributed by atoms with Crippen LogP contribution in [0.3, 0.4) is 0 Å². The first-order valence-electron chi connectivity index (χ1n) is 15.6. The number of methoxy groups -OCH3 is 1. The molecule has 1 unspecified atom stereocenters. The predicted molar refractivity (Wildman–Crippen MR) is 169 cm³/mol. The number of hydrogen-bond donors (Lipinski definition) is 1. The second-order valence-corrected chi connectivity index (χ2v) is 12.7. The van der Waals surface area contributed by atoms with Gasteiger partial charge in [0, 0.05) is 30.2 Å². The number of benzene rings is 2. The number of H-pyrrole nitrogens is 1. The summed E-state index contributed by atoms with van der Waals surface area (Å²) in [5.74, 6) is -0.0578. The van der Waals surface area contributed by atoms with E-state index in [0.717, 1.165) is 35.3 Å². The minimum absolute atomic E-state index is 0.0261. The van der Waals surface area contributed by atoms with Crippen molar-refractivity contribution in [1.82, 2.24) is 14.8 Å². The number of likely N-dealkylation sites (N-methyl/N-ethyl adjacent to an activating group) is 1. The third-order valence-corrected chi connectivity index (χ3v) is 9.01. The number of ether oxygens (including phenoxy) is 1.